The molecule has 148 valence electrons. The lowest BCUT2D eigenvalue weighted by molar-refractivity contribution is -0.384. The van der Waals surface area contributed by atoms with E-state index in [-0.39, 0.29) is 22.8 Å². The molecular formula is C22H15N3O5. The molecule has 0 bridgehead atoms. The number of carbonyl (C=O) groups is 2. The number of Topliss-reactive ketones (excluding diaryl/α,β-unsaturated/α-hetero) is 1. The molecule has 1 amide bonds. The van der Waals surface area contributed by atoms with Crippen molar-refractivity contribution in [3.05, 3.63) is 87.7 Å². The van der Waals surface area contributed by atoms with Crippen molar-refractivity contribution in [1.29, 1.82) is 5.26 Å². The third-order valence-corrected chi connectivity index (χ3v) is 4.20. The first-order chi connectivity index (χ1) is 14.4. The van der Waals surface area contributed by atoms with Gasteiger partial charge in [0, 0.05) is 29.3 Å². The number of rotatable bonds is 6. The SMILES string of the molecule is CC(=O)c1ccccc1NC(=O)/C(C#N)=C\c1ccc(-c2ccc([N+](=O)[O-])cc2)o1. The molecule has 2 aromatic carbocycles. The predicted octanol–water partition coefficient (Wildman–Crippen LogP) is 4.60. The summed E-state index contributed by atoms with van der Waals surface area (Å²) in [4.78, 5) is 34.4. The molecule has 3 rings (SSSR count). The van der Waals surface area contributed by atoms with Gasteiger partial charge >= 0.3 is 0 Å². The first-order valence-corrected chi connectivity index (χ1v) is 8.77. The van der Waals surface area contributed by atoms with Gasteiger partial charge in [-0.3, -0.25) is 19.7 Å². The van der Waals surface area contributed by atoms with E-state index in [4.69, 9.17) is 4.42 Å². The van der Waals surface area contributed by atoms with Crippen LogP contribution in [0.2, 0.25) is 0 Å². The first-order valence-electron chi connectivity index (χ1n) is 8.77. The van der Waals surface area contributed by atoms with Crippen molar-refractivity contribution in [3.8, 4) is 17.4 Å². The highest BCUT2D eigenvalue weighted by molar-refractivity contribution is 6.12. The molecule has 0 saturated heterocycles. The zero-order valence-electron chi connectivity index (χ0n) is 15.8. The standard InChI is InChI=1S/C22H15N3O5/c1-14(26)19-4-2-3-5-20(19)24-22(27)16(13-23)12-18-10-11-21(30-18)15-6-8-17(9-7-15)25(28)29/h2-12H,1H3,(H,24,27)/b16-12-. The van der Waals surface area contributed by atoms with Gasteiger partial charge in [-0.1, -0.05) is 12.1 Å². The molecule has 1 heterocycles. The molecule has 3 aromatic rings. The third kappa shape index (κ3) is 4.48. The number of para-hydroxylation sites is 1. The minimum absolute atomic E-state index is 0.0419. The van der Waals surface area contributed by atoms with Gasteiger partial charge in [-0.2, -0.15) is 5.26 Å². The second kappa shape index (κ2) is 8.67. The van der Waals surface area contributed by atoms with E-state index < -0.39 is 10.8 Å². The van der Waals surface area contributed by atoms with Crippen molar-refractivity contribution < 1.29 is 18.9 Å². The maximum atomic E-state index is 12.5. The minimum Gasteiger partial charge on any atom is -0.457 e. The van der Waals surface area contributed by atoms with Crippen LogP contribution in [0.5, 0.6) is 0 Å². The molecule has 0 aliphatic heterocycles. The van der Waals surface area contributed by atoms with E-state index in [1.165, 1.54) is 25.1 Å². The van der Waals surface area contributed by atoms with Gasteiger partial charge in [-0.05, 0) is 43.3 Å². The molecule has 0 fully saturated rings. The molecule has 0 radical (unpaired) electrons. The summed E-state index contributed by atoms with van der Waals surface area (Å²) in [6.45, 7) is 1.38. The summed E-state index contributed by atoms with van der Waals surface area (Å²) in [5.41, 5.74) is 1.00. The molecule has 0 aliphatic carbocycles. The topological polar surface area (TPSA) is 126 Å². The Morgan fingerprint density at radius 3 is 2.43 bits per heavy atom. The monoisotopic (exact) mass is 401 g/mol. The van der Waals surface area contributed by atoms with Gasteiger partial charge in [0.25, 0.3) is 11.6 Å². The summed E-state index contributed by atoms with van der Waals surface area (Å²) in [6.07, 6.45) is 1.28. The summed E-state index contributed by atoms with van der Waals surface area (Å²) >= 11 is 0. The van der Waals surface area contributed by atoms with E-state index in [1.807, 2.05) is 6.07 Å². The molecule has 0 aliphatic rings. The summed E-state index contributed by atoms with van der Waals surface area (Å²) in [5, 5.41) is 22.7. The Balaban J connectivity index is 1.82. The van der Waals surface area contributed by atoms with Crippen LogP contribution in [-0.4, -0.2) is 16.6 Å². The van der Waals surface area contributed by atoms with Crippen LogP contribution in [0.15, 0.2) is 70.7 Å². The number of hydrogen-bond donors (Lipinski definition) is 1. The number of ketones is 1. The number of nitro benzene ring substituents is 1. The van der Waals surface area contributed by atoms with E-state index in [9.17, 15) is 25.0 Å². The predicted molar refractivity (Wildman–Crippen MR) is 109 cm³/mol. The van der Waals surface area contributed by atoms with Crippen molar-refractivity contribution in [1.82, 2.24) is 0 Å². The van der Waals surface area contributed by atoms with Gasteiger partial charge in [0.15, 0.2) is 5.78 Å². The Morgan fingerprint density at radius 1 is 1.10 bits per heavy atom. The van der Waals surface area contributed by atoms with Gasteiger partial charge < -0.3 is 9.73 Å². The Labute approximate surface area is 171 Å². The molecule has 0 saturated carbocycles. The molecule has 8 nitrogen and oxygen atoms in total. The zero-order chi connectivity index (χ0) is 21.7. The maximum Gasteiger partial charge on any atom is 0.269 e. The molecule has 30 heavy (non-hydrogen) atoms. The molecule has 0 spiro atoms. The number of nitro groups is 1. The zero-order valence-corrected chi connectivity index (χ0v) is 15.8. The van der Waals surface area contributed by atoms with Gasteiger partial charge in [-0.15, -0.1) is 0 Å². The van der Waals surface area contributed by atoms with E-state index in [1.54, 1.807) is 48.5 Å². The summed E-state index contributed by atoms with van der Waals surface area (Å²) in [6, 6.07) is 17.3. The first kappa shape index (κ1) is 20.2. The minimum atomic E-state index is -0.681. The third-order valence-electron chi connectivity index (χ3n) is 4.20. The van der Waals surface area contributed by atoms with Crippen molar-refractivity contribution >= 4 is 29.1 Å². The van der Waals surface area contributed by atoms with Gasteiger partial charge in [0.1, 0.15) is 23.2 Å². The fourth-order valence-electron chi connectivity index (χ4n) is 2.71. The number of amides is 1. The molecule has 1 aromatic heterocycles. The Morgan fingerprint density at radius 2 is 1.80 bits per heavy atom. The van der Waals surface area contributed by atoms with Gasteiger partial charge in [0.2, 0.25) is 0 Å². The highest BCUT2D eigenvalue weighted by atomic mass is 16.6. The maximum absolute atomic E-state index is 12.5. The van der Waals surface area contributed by atoms with Crippen molar-refractivity contribution in [2.24, 2.45) is 0 Å². The second-order valence-electron chi connectivity index (χ2n) is 6.23. The summed E-state index contributed by atoms with van der Waals surface area (Å²) in [5.74, 6) is -0.211. The van der Waals surface area contributed by atoms with Crippen LogP contribution in [-0.2, 0) is 4.79 Å². The van der Waals surface area contributed by atoms with Crippen LogP contribution in [0, 0.1) is 21.4 Å². The molecule has 8 heteroatoms. The number of furan rings is 1. The fraction of sp³-hybridized carbons (Fsp3) is 0.0455. The second-order valence-corrected chi connectivity index (χ2v) is 6.23. The molecule has 1 N–H and O–H groups in total. The normalized spacial score (nSPS) is 10.9. The Kier molecular flexibility index (Phi) is 5.84. The Hall–Kier alpha value is -4.51. The number of nitriles is 1. The number of anilines is 1. The Bertz CT molecular complexity index is 1200. The molecule has 0 unspecified atom stereocenters. The number of carbonyl (C=O) groups excluding carboxylic acids is 2. The quantitative estimate of drug-likeness (QED) is 0.211. The van der Waals surface area contributed by atoms with E-state index in [2.05, 4.69) is 5.32 Å². The lowest BCUT2D eigenvalue weighted by atomic mass is 10.1. The van der Waals surface area contributed by atoms with Crippen LogP contribution in [0.3, 0.4) is 0 Å². The molecule has 0 atom stereocenters. The summed E-state index contributed by atoms with van der Waals surface area (Å²) < 4.78 is 5.63. The lowest BCUT2D eigenvalue weighted by Gasteiger charge is -2.08. The number of benzene rings is 2. The highest BCUT2D eigenvalue weighted by Crippen LogP contribution is 2.25. The van der Waals surface area contributed by atoms with Crippen LogP contribution in [0.4, 0.5) is 11.4 Å². The lowest BCUT2D eigenvalue weighted by Crippen LogP contribution is -2.15. The van der Waals surface area contributed by atoms with Crippen molar-refractivity contribution in [3.63, 3.8) is 0 Å². The fourth-order valence-corrected chi connectivity index (χ4v) is 2.71. The van der Waals surface area contributed by atoms with Gasteiger partial charge in [-0.25, -0.2) is 0 Å². The number of hydrogen-bond acceptors (Lipinski definition) is 6. The van der Waals surface area contributed by atoms with Crippen LogP contribution >= 0.6 is 0 Å². The van der Waals surface area contributed by atoms with Gasteiger partial charge in [0.05, 0.1) is 10.6 Å². The smallest absolute Gasteiger partial charge is 0.269 e. The number of nitrogens with zero attached hydrogens (tertiary/aromatic N) is 2. The summed E-state index contributed by atoms with van der Waals surface area (Å²) in [7, 11) is 0. The number of non-ortho nitro benzene ring substituents is 1. The average Bonchev–Trinajstić information content (AvgIpc) is 3.21. The van der Waals surface area contributed by atoms with E-state index in [0.29, 0.717) is 22.6 Å². The van der Waals surface area contributed by atoms with Crippen LogP contribution < -0.4 is 5.32 Å². The largest absolute Gasteiger partial charge is 0.457 e. The van der Waals surface area contributed by atoms with Crippen molar-refractivity contribution in [2.75, 3.05) is 5.32 Å². The highest BCUT2D eigenvalue weighted by Gasteiger charge is 2.15. The average molecular weight is 401 g/mol. The number of nitrogens with one attached hydrogen (secondary N) is 1. The van der Waals surface area contributed by atoms with Crippen molar-refractivity contribution in [2.45, 2.75) is 6.92 Å². The van der Waals surface area contributed by atoms with Crippen LogP contribution in [0.25, 0.3) is 17.4 Å². The molecular weight excluding hydrogens is 386 g/mol. The van der Waals surface area contributed by atoms with E-state index in [0.717, 1.165) is 0 Å². The van der Waals surface area contributed by atoms with E-state index >= 15 is 0 Å². The van der Waals surface area contributed by atoms with Crippen LogP contribution in [0.1, 0.15) is 23.0 Å².